The summed E-state index contributed by atoms with van der Waals surface area (Å²) in [6.07, 6.45) is 3.43. The number of aromatic nitrogens is 2. The minimum Gasteiger partial charge on any atom is -0.341 e. The molecule has 3 aromatic rings. The third kappa shape index (κ3) is 3.74. The molecule has 1 amide bonds. The second-order valence-electron chi connectivity index (χ2n) is 6.92. The molecule has 0 bridgehead atoms. The third-order valence-electron chi connectivity index (χ3n) is 5.15. The maximum absolute atomic E-state index is 13.4. The van der Waals surface area contributed by atoms with E-state index >= 15 is 0 Å². The van der Waals surface area contributed by atoms with Crippen molar-refractivity contribution < 1.29 is 4.79 Å². The minimum atomic E-state index is -0.258. The Balaban J connectivity index is 1.70. The van der Waals surface area contributed by atoms with Gasteiger partial charge in [0.05, 0.1) is 11.0 Å². The van der Waals surface area contributed by atoms with Gasteiger partial charge in [0, 0.05) is 19.6 Å². The smallest absolute Gasteiger partial charge is 0.240 e. The van der Waals surface area contributed by atoms with E-state index < -0.39 is 0 Å². The van der Waals surface area contributed by atoms with Crippen molar-refractivity contribution in [2.75, 3.05) is 13.1 Å². The number of rotatable bonds is 5. The molecule has 1 fully saturated rings. The number of aryl methyl sites for hydroxylation is 1. The van der Waals surface area contributed by atoms with Crippen molar-refractivity contribution in [2.24, 2.45) is 0 Å². The summed E-state index contributed by atoms with van der Waals surface area (Å²) in [5.74, 6) is 0.209. The lowest BCUT2D eigenvalue weighted by atomic mass is 10.1. The number of carbonyl (C=O) groups excluding carboxylic acids is 1. The lowest BCUT2D eigenvalue weighted by Gasteiger charge is -2.30. The van der Waals surface area contributed by atoms with Crippen LogP contribution in [0.4, 0.5) is 0 Å². The highest BCUT2D eigenvalue weighted by atomic mass is 32.2. The van der Waals surface area contributed by atoms with Crippen molar-refractivity contribution in [3.63, 3.8) is 0 Å². The third-order valence-corrected chi connectivity index (χ3v) is 6.39. The van der Waals surface area contributed by atoms with E-state index in [1.54, 1.807) is 11.8 Å². The van der Waals surface area contributed by atoms with Crippen LogP contribution in [0, 0.1) is 0 Å². The molecule has 0 N–H and O–H groups in total. The summed E-state index contributed by atoms with van der Waals surface area (Å²) < 4.78 is 2.21. The quantitative estimate of drug-likeness (QED) is 0.592. The zero-order chi connectivity index (χ0) is 18.6. The lowest BCUT2D eigenvalue weighted by Crippen LogP contribution is -2.38. The van der Waals surface area contributed by atoms with Crippen LogP contribution in [0.3, 0.4) is 0 Å². The Morgan fingerprint density at radius 1 is 1.04 bits per heavy atom. The van der Waals surface area contributed by atoms with Gasteiger partial charge in [-0.25, -0.2) is 4.98 Å². The van der Waals surface area contributed by atoms with Crippen molar-refractivity contribution in [1.29, 1.82) is 0 Å². The first-order chi connectivity index (χ1) is 13.3. The van der Waals surface area contributed by atoms with E-state index in [0.29, 0.717) is 0 Å². The van der Waals surface area contributed by atoms with E-state index in [-0.39, 0.29) is 11.2 Å². The van der Waals surface area contributed by atoms with Gasteiger partial charge in [-0.15, -0.1) is 0 Å². The molecule has 4 rings (SSSR count). The van der Waals surface area contributed by atoms with Crippen molar-refractivity contribution in [1.82, 2.24) is 14.5 Å². The molecule has 5 heteroatoms. The van der Waals surface area contributed by atoms with Crippen molar-refractivity contribution >= 4 is 28.7 Å². The Bertz CT molecular complexity index is 916. The van der Waals surface area contributed by atoms with Gasteiger partial charge in [-0.1, -0.05) is 54.2 Å². The molecule has 1 saturated heterocycles. The Morgan fingerprint density at radius 3 is 2.48 bits per heavy atom. The number of hydrogen-bond donors (Lipinski definition) is 0. The van der Waals surface area contributed by atoms with Crippen LogP contribution in [-0.4, -0.2) is 33.4 Å². The highest BCUT2D eigenvalue weighted by Crippen LogP contribution is 2.38. The topological polar surface area (TPSA) is 38.1 Å². The fourth-order valence-corrected chi connectivity index (χ4v) is 4.98. The SMILES string of the molecule is CCn1c(S[C@H](C(=O)N2CCCCC2)c2ccccc2)nc2ccccc21. The van der Waals surface area contributed by atoms with Gasteiger partial charge in [-0.2, -0.15) is 0 Å². The molecule has 0 aliphatic carbocycles. The van der Waals surface area contributed by atoms with Gasteiger partial charge < -0.3 is 9.47 Å². The molecule has 27 heavy (non-hydrogen) atoms. The first-order valence-corrected chi connectivity index (χ1v) is 10.6. The molecular weight excluding hydrogens is 354 g/mol. The van der Waals surface area contributed by atoms with Gasteiger partial charge in [-0.3, -0.25) is 4.79 Å². The highest BCUT2D eigenvalue weighted by Gasteiger charge is 2.29. The number of fused-ring (bicyclic) bond motifs is 1. The summed E-state index contributed by atoms with van der Waals surface area (Å²) in [6.45, 7) is 4.70. The maximum Gasteiger partial charge on any atom is 0.240 e. The highest BCUT2D eigenvalue weighted by molar-refractivity contribution is 8.00. The molecule has 0 saturated carbocycles. The molecule has 0 spiro atoms. The predicted molar refractivity (Wildman–Crippen MR) is 111 cm³/mol. The largest absolute Gasteiger partial charge is 0.341 e. The molecule has 1 atom stereocenters. The van der Waals surface area contributed by atoms with E-state index in [4.69, 9.17) is 4.98 Å². The summed E-state index contributed by atoms with van der Waals surface area (Å²) >= 11 is 1.58. The summed E-state index contributed by atoms with van der Waals surface area (Å²) in [4.78, 5) is 20.3. The number of para-hydroxylation sites is 2. The second kappa shape index (κ2) is 8.17. The number of amides is 1. The number of benzene rings is 2. The normalized spacial score (nSPS) is 15.8. The number of carbonyl (C=O) groups is 1. The summed E-state index contributed by atoms with van der Waals surface area (Å²) in [7, 11) is 0. The van der Waals surface area contributed by atoms with Crippen molar-refractivity contribution in [3.05, 3.63) is 60.2 Å². The van der Waals surface area contributed by atoms with Crippen LogP contribution < -0.4 is 0 Å². The van der Waals surface area contributed by atoms with Crippen LogP contribution in [0.2, 0.25) is 0 Å². The van der Waals surface area contributed by atoms with E-state index in [0.717, 1.165) is 54.2 Å². The molecule has 1 aliphatic rings. The van der Waals surface area contributed by atoms with E-state index in [2.05, 4.69) is 29.7 Å². The predicted octanol–water partition coefficient (Wildman–Crippen LogP) is 4.90. The number of nitrogens with zero attached hydrogens (tertiary/aromatic N) is 3. The average Bonchev–Trinajstić information content (AvgIpc) is 3.10. The average molecular weight is 380 g/mol. The zero-order valence-corrected chi connectivity index (χ0v) is 16.5. The van der Waals surface area contributed by atoms with Crippen molar-refractivity contribution in [2.45, 2.75) is 43.1 Å². The maximum atomic E-state index is 13.4. The molecular formula is C22H25N3OS. The number of likely N-dealkylation sites (tertiary alicyclic amines) is 1. The Hall–Kier alpha value is -2.27. The molecule has 140 valence electrons. The van der Waals surface area contributed by atoms with Crippen LogP contribution in [0.25, 0.3) is 11.0 Å². The van der Waals surface area contributed by atoms with Crippen LogP contribution in [0.5, 0.6) is 0 Å². The van der Waals surface area contributed by atoms with Gasteiger partial charge in [0.15, 0.2) is 5.16 Å². The Kier molecular flexibility index (Phi) is 5.48. The number of thioether (sulfide) groups is 1. The van der Waals surface area contributed by atoms with E-state index in [1.807, 2.05) is 41.3 Å². The van der Waals surface area contributed by atoms with Gasteiger partial charge in [0.25, 0.3) is 0 Å². The molecule has 4 nitrogen and oxygen atoms in total. The summed E-state index contributed by atoms with van der Waals surface area (Å²) in [6, 6.07) is 18.3. The molecule has 2 aromatic carbocycles. The monoisotopic (exact) mass is 379 g/mol. The standard InChI is InChI=1S/C22H25N3OS/c1-2-25-19-14-8-7-13-18(19)23-22(25)27-20(17-11-5-3-6-12-17)21(26)24-15-9-4-10-16-24/h3,5-8,11-14,20H,2,4,9-10,15-16H2,1H3/t20-/m0/s1. The summed E-state index contributed by atoms with van der Waals surface area (Å²) in [5, 5.41) is 0.657. The molecule has 0 unspecified atom stereocenters. The number of piperidine rings is 1. The first-order valence-electron chi connectivity index (χ1n) is 9.73. The van der Waals surface area contributed by atoms with Gasteiger partial charge in [0.1, 0.15) is 5.25 Å². The lowest BCUT2D eigenvalue weighted by molar-refractivity contribution is -0.131. The van der Waals surface area contributed by atoms with Crippen LogP contribution in [0.15, 0.2) is 59.8 Å². The minimum absolute atomic E-state index is 0.209. The first kappa shape index (κ1) is 18.1. The fourth-order valence-electron chi connectivity index (χ4n) is 3.72. The Morgan fingerprint density at radius 2 is 1.74 bits per heavy atom. The molecule has 0 radical (unpaired) electrons. The van der Waals surface area contributed by atoms with Gasteiger partial charge in [-0.05, 0) is 43.9 Å². The van der Waals surface area contributed by atoms with E-state index in [9.17, 15) is 4.79 Å². The van der Waals surface area contributed by atoms with Gasteiger partial charge in [0.2, 0.25) is 5.91 Å². The molecule has 1 aliphatic heterocycles. The summed E-state index contributed by atoms with van der Waals surface area (Å²) in [5.41, 5.74) is 3.16. The van der Waals surface area contributed by atoms with Gasteiger partial charge >= 0.3 is 0 Å². The second-order valence-corrected chi connectivity index (χ2v) is 7.99. The number of hydrogen-bond acceptors (Lipinski definition) is 3. The Labute approximate surface area is 164 Å². The number of imidazole rings is 1. The van der Waals surface area contributed by atoms with Crippen LogP contribution in [0.1, 0.15) is 37.0 Å². The zero-order valence-electron chi connectivity index (χ0n) is 15.7. The van der Waals surface area contributed by atoms with E-state index in [1.165, 1.54) is 6.42 Å². The molecule has 1 aromatic heterocycles. The van der Waals surface area contributed by atoms with Crippen LogP contribution in [-0.2, 0) is 11.3 Å². The molecule has 2 heterocycles. The van der Waals surface area contributed by atoms with Crippen LogP contribution >= 0.6 is 11.8 Å². The fraction of sp³-hybridized carbons (Fsp3) is 0.364. The van der Waals surface area contributed by atoms with Crippen molar-refractivity contribution in [3.8, 4) is 0 Å².